The van der Waals surface area contributed by atoms with Crippen LogP contribution in [-0.4, -0.2) is 74.9 Å². The van der Waals surface area contributed by atoms with Gasteiger partial charge in [-0.05, 0) is 31.4 Å². The summed E-state index contributed by atoms with van der Waals surface area (Å²) in [7, 11) is 0. The third kappa shape index (κ3) is 8.89. The largest absolute Gasteiger partial charge is 0.481 e. The van der Waals surface area contributed by atoms with Crippen LogP contribution < -0.4 is 27.4 Å². The van der Waals surface area contributed by atoms with Gasteiger partial charge in [0.1, 0.15) is 18.1 Å². The number of hydrogen-bond donors (Lipinski definition) is 8. The first kappa shape index (κ1) is 29.8. The van der Waals surface area contributed by atoms with Gasteiger partial charge in [0.2, 0.25) is 23.6 Å². The molecular formula is C24H32N6O8. The minimum atomic E-state index is -1.33. The van der Waals surface area contributed by atoms with Crippen LogP contribution >= 0.6 is 0 Å². The van der Waals surface area contributed by atoms with Gasteiger partial charge >= 0.3 is 11.9 Å². The van der Waals surface area contributed by atoms with Gasteiger partial charge in [-0.3, -0.25) is 28.8 Å². The summed E-state index contributed by atoms with van der Waals surface area (Å²) in [6, 6.07) is 2.17. The molecule has 14 nitrogen and oxygen atoms in total. The van der Waals surface area contributed by atoms with E-state index >= 15 is 0 Å². The molecule has 0 spiro atoms. The number of carboxylic acid groups (broad SMARTS) is 2. The summed E-state index contributed by atoms with van der Waals surface area (Å²) >= 11 is 0. The summed E-state index contributed by atoms with van der Waals surface area (Å²) in [5.74, 6) is -5.62. The first-order valence-electron chi connectivity index (χ1n) is 11.8. The molecule has 0 fully saturated rings. The minimum Gasteiger partial charge on any atom is -0.481 e. The number of rotatable bonds is 15. The van der Waals surface area contributed by atoms with Crippen molar-refractivity contribution in [2.45, 2.75) is 63.2 Å². The van der Waals surface area contributed by atoms with Gasteiger partial charge in [0.05, 0.1) is 6.04 Å². The van der Waals surface area contributed by atoms with E-state index in [2.05, 4.69) is 20.9 Å². The molecule has 4 atom stereocenters. The predicted molar refractivity (Wildman–Crippen MR) is 134 cm³/mol. The zero-order valence-electron chi connectivity index (χ0n) is 20.7. The summed E-state index contributed by atoms with van der Waals surface area (Å²) in [6.45, 7) is 1.26. The third-order valence-electron chi connectivity index (χ3n) is 5.78. The summed E-state index contributed by atoms with van der Waals surface area (Å²) in [4.78, 5) is 75.1. The van der Waals surface area contributed by atoms with E-state index in [-0.39, 0.29) is 32.1 Å². The number of nitrogens with one attached hydrogen (secondary N) is 4. The van der Waals surface area contributed by atoms with Crippen molar-refractivity contribution < 1.29 is 39.0 Å². The molecule has 0 radical (unpaired) electrons. The summed E-state index contributed by atoms with van der Waals surface area (Å²) in [6.07, 6.45) is 0.572. The van der Waals surface area contributed by atoms with E-state index in [4.69, 9.17) is 16.6 Å². The maximum absolute atomic E-state index is 13.2. The standard InChI is InChI=1S/C24H32N6O8/c1-12(24(37)38)28-23(36)18(10-13-11-27-16-5-3-2-4-14(13)16)30-22(35)17(7-8-19(26)31)29-21(34)15(25)6-9-20(32)33/h2-5,11-12,15,17-18,27H,6-10,25H2,1H3,(H2,26,31)(H,28,36)(H,29,34)(H,30,35)(H,32,33)(H,37,38). The Morgan fingerprint density at radius 2 is 1.53 bits per heavy atom. The van der Waals surface area contributed by atoms with Gasteiger partial charge in [0.25, 0.3) is 0 Å². The van der Waals surface area contributed by atoms with Crippen molar-refractivity contribution in [3.05, 3.63) is 36.0 Å². The van der Waals surface area contributed by atoms with E-state index in [1.807, 2.05) is 18.2 Å². The highest BCUT2D eigenvalue weighted by atomic mass is 16.4. The van der Waals surface area contributed by atoms with Crippen LogP contribution in [0.1, 0.15) is 38.2 Å². The molecule has 1 heterocycles. The first-order chi connectivity index (χ1) is 17.9. The van der Waals surface area contributed by atoms with Crippen molar-refractivity contribution in [3.63, 3.8) is 0 Å². The SMILES string of the molecule is CC(NC(=O)C(Cc1c[nH]c2ccccc12)NC(=O)C(CCC(N)=O)NC(=O)C(N)CCC(=O)O)C(=O)O. The molecule has 14 heteroatoms. The topological polar surface area (TPSA) is 247 Å². The second-order valence-electron chi connectivity index (χ2n) is 8.80. The van der Waals surface area contributed by atoms with E-state index < -0.39 is 59.7 Å². The molecule has 10 N–H and O–H groups in total. The number of carbonyl (C=O) groups is 6. The highest BCUT2D eigenvalue weighted by Gasteiger charge is 2.30. The van der Waals surface area contributed by atoms with Crippen LogP contribution in [0.15, 0.2) is 30.5 Å². The Balaban J connectivity index is 2.26. The van der Waals surface area contributed by atoms with Crippen molar-refractivity contribution in [3.8, 4) is 0 Å². The van der Waals surface area contributed by atoms with Crippen LogP contribution in [0.25, 0.3) is 10.9 Å². The number of aromatic amines is 1. The minimum absolute atomic E-state index is 0.0253. The summed E-state index contributed by atoms with van der Waals surface area (Å²) < 4.78 is 0. The third-order valence-corrected chi connectivity index (χ3v) is 5.78. The number of primary amides is 1. The van der Waals surface area contributed by atoms with Gasteiger partial charge < -0.3 is 42.6 Å². The number of para-hydroxylation sites is 1. The highest BCUT2D eigenvalue weighted by molar-refractivity contribution is 5.95. The van der Waals surface area contributed by atoms with E-state index in [0.717, 1.165) is 10.9 Å². The van der Waals surface area contributed by atoms with Gasteiger partial charge in [0.15, 0.2) is 0 Å². The molecular weight excluding hydrogens is 500 g/mol. The van der Waals surface area contributed by atoms with Gasteiger partial charge in [0, 0.05) is 36.4 Å². The predicted octanol–water partition coefficient (Wildman–Crippen LogP) is -1.27. The molecule has 1 aromatic heterocycles. The molecule has 1 aromatic carbocycles. The lowest BCUT2D eigenvalue weighted by Crippen LogP contribution is -2.57. The number of fused-ring (bicyclic) bond motifs is 1. The van der Waals surface area contributed by atoms with Crippen LogP contribution in [0.4, 0.5) is 0 Å². The van der Waals surface area contributed by atoms with Gasteiger partial charge in [-0.25, -0.2) is 0 Å². The van der Waals surface area contributed by atoms with Crippen molar-refractivity contribution in [1.82, 2.24) is 20.9 Å². The molecule has 0 bridgehead atoms. The average Bonchev–Trinajstić information content (AvgIpc) is 3.26. The van der Waals surface area contributed by atoms with Gasteiger partial charge in [-0.1, -0.05) is 18.2 Å². The maximum atomic E-state index is 13.2. The fourth-order valence-corrected chi connectivity index (χ4v) is 3.62. The Labute approximate surface area is 217 Å². The fourth-order valence-electron chi connectivity index (χ4n) is 3.62. The normalized spacial score (nSPS) is 14.1. The Hall–Kier alpha value is -4.46. The molecule has 2 rings (SSSR count). The Morgan fingerprint density at radius 1 is 0.895 bits per heavy atom. The monoisotopic (exact) mass is 532 g/mol. The van der Waals surface area contributed by atoms with Crippen LogP contribution in [0.3, 0.4) is 0 Å². The average molecular weight is 533 g/mol. The fraction of sp³-hybridized carbons (Fsp3) is 0.417. The molecule has 4 unspecified atom stereocenters. The lowest BCUT2D eigenvalue weighted by atomic mass is 10.0. The van der Waals surface area contributed by atoms with Crippen molar-refractivity contribution in [2.24, 2.45) is 11.5 Å². The van der Waals surface area contributed by atoms with Crippen molar-refractivity contribution in [1.29, 1.82) is 0 Å². The zero-order valence-corrected chi connectivity index (χ0v) is 20.7. The molecule has 2 aromatic rings. The quantitative estimate of drug-likeness (QED) is 0.136. The number of H-pyrrole nitrogens is 1. The van der Waals surface area contributed by atoms with Crippen LogP contribution in [-0.2, 0) is 35.2 Å². The zero-order chi connectivity index (χ0) is 28.4. The van der Waals surface area contributed by atoms with E-state index in [1.54, 1.807) is 12.3 Å². The summed E-state index contributed by atoms with van der Waals surface area (Å²) in [5.41, 5.74) is 12.4. The van der Waals surface area contributed by atoms with Gasteiger partial charge in [-0.15, -0.1) is 0 Å². The number of amides is 4. The lowest BCUT2D eigenvalue weighted by molar-refractivity contribution is -0.142. The van der Waals surface area contributed by atoms with Crippen molar-refractivity contribution in [2.75, 3.05) is 0 Å². The molecule has 0 aliphatic heterocycles. The van der Waals surface area contributed by atoms with Crippen LogP contribution in [0.2, 0.25) is 0 Å². The first-order valence-corrected chi connectivity index (χ1v) is 11.8. The van der Waals surface area contributed by atoms with E-state index in [9.17, 15) is 33.9 Å². The number of benzene rings is 1. The highest BCUT2D eigenvalue weighted by Crippen LogP contribution is 2.19. The summed E-state index contributed by atoms with van der Waals surface area (Å²) in [5, 5.41) is 26.0. The Bertz CT molecular complexity index is 1200. The van der Waals surface area contributed by atoms with E-state index in [1.165, 1.54) is 6.92 Å². The molecule has 0 saturated carbocycles. The van der Waals surface area contributed by atoms with Crippen LogP contribution in [0.5, 0.6) is 0 Å². The van der Waals surface area contributed by atoms with Gasteiger partial charge in [-0.2, -0.15) is 0 Å². The molecule has 206 valence electrons. The smallest absolute Gasteiger partial charge is 0.325 e. The Morgan fingerprint density at radius 3 is 2.16 bits per heavy atom. The maximum Gasteiger partial charge on any atom is 0.325 e. The Kier molecular flexibility index (Phi) is 10.8. The number of carbonyl (C=O) groups excluding carboxylic acids is 4. The number of hydrogen-bond acceptors (Lipinski definition) is 7. The molecule has 0 aliphatic carbocycles. The number of carboxylic acids is 2. The van der Waals surface area contributed by atoms with Crippen LogP contribution in [0, 0.1) is 0 Å². The number of nitrogens with two attached hydrogens (primary N) is 2. The molecule has 4 amide bonds. The van der Waals surface area contributed by atoms with E-state index in [0.29, 0.717) is 5.56 Å². The number of aliphatic carboxylic acids is 2. The lowest BCUT2D eigenvalue weighted by Gasteiger charge is -2.24. The second kappa shape index (κ2) is 13.7. The number of aromatic nitrogens is 1. The second-order valence-corrected chi connectivity index (χ2v) is 8.80. The molecule has 38 heavy (non-hydrogen) atoms. The molecule has 0 aliphatic rings. The van der Waals surface area contributed by atoms with Crippen molar-refractivity contribution >= 4 is 46.5 Å². The molecule has 0 saturated heterocycles.